The van der Waals surface area contributed by atoms with Gasteiger partial charge < -0.3 is 4.90 Å². The minimum atomic E-state index is -0.612. The lowest BCUT2D eigenvalue weighted by Gasteiger charge is -2.11. The molecule has 0 unspecified atom stereocenters. The van der Waals surface area contributed by atoms with E-state index in [1.54, 1.807) is 23.1 Å². The molecule has 0 radical (unpaired) electrons. The van der Waals surface area contributed by atoms with E-state index in [1.165, 1.54) is 23.5 Å². The van der Waals surface area contributed by atoms with E-state index in [0.29, 0.717) is 22.9 Å². The van der Waals surface area contributed by atoms with Gasteiger partial charge in [0, 0.05) is 36.3 Å². The second kappa shape index (κ2) is 8.36. The number of hydrogen-bond acceptors (Lipinski definition) is 5. The maximum atomic E-state index is 13.8. The molecule has 1 N–H and O–H groups in total. The number of hydrogen-bond donors (Lipinski definition) is 1. The molecule has 9 heteroatoms. The number of benzene rings is 1. The number of aromatic nitrogens is 3. The first-order chi connectivity index (χ1) is 12.9. The highest BCUT2D eigenvalue weighted by atomic mass is 32.1. The van der Waals surface area contributed by atoms with Crippen molar-refractivity contribution < 1.29 is 13.6 Å². The van der Waals surface area contributed by atoms with Crippen LogP contribution in [0.25, 0.3) is 0 Å². The second-order valence-corrected chi connectivity index (χ2v) is 7.36. The Morgan fingerprint density at radius 1 is 1.30 bits per heavy atom. The van der Waals surface area contributed by atoms with Crippen LogP contribution in [0.5, 0.6) is 0 Å². The lowest BCUT2D eigenvalue weighted by Crippen LogP contribution is -2.23. The number of carbonyl (C=O) groups is 1. The second-order valence-electron chi connectivity index (χ2n) is 6.24. The summed E-state index contributed by atoms with van der Waals surface area (Å²) in [6.45, 7) is 1.35. The molecule has 2 aromatic heterocycles. The van der Waals surface area contributed by atoms with Gasteiger partial charge in [0.1, 0.15) is 17.3 Å². The molecule has 0 saturated heterocycles. The van der Waals surface area contributed by atoms with Gasteiger partial charge >= 0.3 is 0 Å². The van der Waals surface area contributed by atoms with Crippen LogP contribution in [-0.2, 0) is 13.0 Å². The standard InChI is InChI=1S/C18H19F2N5OS/c1-24(2)7-8-25-16(5-6-22-25)17(26)23-18-21-11-14(27-18)9-12-3-4-13(19)10-15(12)20/h3-6,10-11H,7-9H2,1-2H3,(H,21,23,26). The monoisotopic (exact) mass is 391 g/mol. The van der Waals surface area contributed by atoms with Crippen molar-refractivity contribution in [1.29, 1.82) is 0 Å². The Labute approximate surface area is 159 Å². The minimum Gasteiger partial charge on any atom is -0.308 e. The van der Waals surface area contributed by atoms with Gasteiger partial charge in [0.15, 0.2) is 5.13 Å². The van der Waals surface area contributed by atoms with Crippen molar-refractivity contribution in [1.82, 2.24) is 19.7 Å². The van der Waals surface area contributed by atoms with Crippen molar-refractivity contribution in [2.75, 3.05) is 26.0 Å². The molecule has 2 heterocycles. The van der Waals surface area contributed by atoms with Crippen LogP contribution < -0.4 is 5.32 Å². The van der Waals surface area contributed by atoms with Crippen LogP contribution in [0.1, 0.15) is 20.9 Å². The maximum absolute atomic E-state index is 13.8. The molecule has 1 aromatic carbocycles. The first-order valence-electron chi connectivity index (χ1n) is 8.29. The van der Waals surface area contributed by atoms with Crippen LogP contribution in [0.4, 0.5) is 13.9 Å². The van der Waals surface area contributed by atoms with Crippen LogP contribution in [0.15, 0.2) is 36.7 Å². The predicted molar refractivity (Wildman–Crippen MR) is 100 cm³/mol. The lowest BCUT2D eigenvalue weighted by molar-refractivity contribution is 0.101. The van der Waals surface area contributed by atoms with Crippen molar-refractivity contribution in [2.24, 2.45) is 0 Å². The Balaban J connectivity index is 1.65. The summed E-state index contributed by atoms with van der Waals surface area (Å²) in [5, 5.41) is 7.33. The van der Waals surface area contributed by atoms with Gasteiger partial charge in [-0.25, -0.2) is 13.8 Å². The smallest absolute Gasteiger partial charge is 0.275 e. The van der Waals surface area contributed by atoms with E-state index in [-0.39, 0.29) is 12.3 Å². The zero-order chi connectivity index (χ0) is 19.4. The van der Waals surface area contributed by atoms with E-state index in [4.69, 9.17) is 0 Å². The molecule has 0 aliphatic carbocycles. The zero-order valence-corrected chi connectivity index (χ0v) is 15.8. The van der Waals surface area contributed by atoms with Crippen molar-refractivity contribution >= 4 is 22.4 Å². The van der Waals surface area contributed by atoms with E-state index >= 15 is 0 Å². The first-order valence-corrected chi connectivity index (χ1v) is 9.10. The van der Waals surface area contributed by atoms with Gasteiger partial charge in [-0.3, -0.25) is 14.8 Å². The summed E-state index contributed by atoms with van der Waals surface area (Å²) in [6.07, 6.45) is 3.43. The SMILES string of the molecule is CN(C)CCn1nccc1C(=O)Nc1ncc(Cc2ccc(F)cc2F)s1. The van der Waals surface area contributed by atoms with Crippen LogP contribution in [0.2, 0.25) is 0 Å². The summed E-state index contributed by atoms with van der Waals surface area (Å²) >= 11 is 1.25. The average Bonchev–Trinajstić information content (AvgIpc) is 3.24. The largest absolute Gasteiger partial charge is 0.308 e. The third-order valence-corrected chi connectivity index (χ3v) is 4.77. The normalized spacial score (nSPS) is 11.1. The van der Waals surface area contributed by atoms with Gasteiger partial charge in [-0.2, -0.15) is 5.10 Å². The highest BCUT2D eigenvalue weighted by Gasteiger charge is 2.15. The Morgan fingerprint density at radius 2 is 2.11 bits per heavy atom. The third kappa shape index (κ3) is 4.95. The van der Waals surface area contributed by atoms with E-state index in [2.05, 4.69) is 15.4 Å². The van der Waals surface area contributed by atoms with E-state index < -0.39 is 11.6 Å². The number of nitrogens with zero attached hydrogens (tertiary/aromatic N) is 4. The number of anilines is 1. The Morgan fingerprint density at radius 3 is 2.85 bits per heavy atom. The van der Waals surface area contributed by atoms with Gasteiger partial charge in [-0.05, 0) is 31.8 Å². The number of likely N-dealkylation sites (N-methyl/N-ethyl adjacent to an activating group) is 1. The van der Waals surface area contributed by atoms with Crippen LogP contribution in [0.3, 0.4) is 0 Å². The minimum absolute atomic E-state index is 0.278. The van der Waals surface area contributed by atoms with Crippen molar-refractivity contribution in [2.45, 2.75) is 13.0 Å². The molecule has 3 rings (SSSR count). The topological polar surface area (TPSA) is 63.1 Å². The van der Waals surface area contributed by atoms with Gasteiger partial charge in [-0.15, -0.1) is 11.3 Å². The number of thiazole rings is 1. The summed E-state index contributed by atoms with van der Waals surface area (Å²) in [5.41, 5.74) is 0.817. The molecule has 0 atom stereocenters. The number of nitrogens with one attached hydrogen (secondary N) is 1. The number of carbonyl (C=O) groups excluding carboxylic acids is 1. The quantitative estimate of drug-likeness (QED) is 0.673. The van der Waals surface area contributed by atoms with Crippen molar-refractivity contribution in [3.8, 4) is 0 Å². The molecule has 27 heavy (non-hydrogen) atoms. The lowest BCUT2D eigenvalue weighted by atomic mass is 10.1. The number of halogens is 2. The zero-order valence-electron chi connectivity index (χ0n) is 14.9. The van der Waals surface area contributed by atoms with E-state index in [9.17, 15) is 13.6 Å². The molecule has 0 spiro atoms. The summed E-state index contributed by atoms with van der Waals surface area (Å²) in [6, 6.07) is 5.13. The van der Waals surface area contributed by atoms with Gasteiger partial charge in [0.2, 0.25) is 0 Å². The first kappa shape index (κ1) is 19.1. The van der Waals surface area contributed by atoms with E-state index in [1.807, 2.05) is 19.0 Å². The molecule has 0 bridgehead atoms. The molecule has 0 aliphatic rings. The van der Waals surface area contributed by atoms with Crippen LogP contribution >= 0.6 is 11.3 Å². The van der Waals surface area contributed by atoms with Gasteiger partial charge in [0.25, 0.3) is 5.91 Å². The Bertz CT molecular complexity index is 937. The summed E-state index contributed by atoms with van der Waals surface area (Å²) in [5.74, 6) is -1.52. The molecular formula is C18H19F2N5OS. The van der Waals surface area contributed by atoms with Crippen LogP contribution in [0, 0.1) is 11.6 Å². The summed E-state index contributed by atoms with van der Waals surface area (Å²) in [7, 11) is 3.90. The molecule has 0 saturated carbocycles. The average molecular weight is 391 g/mol. The molecule has 1 amide bonds. The molecule has 0 aliphatic heterocycles. The summed E-state index contributed by atoms with van der Waals surface area (Å²) < 4.78 is 28.4. The van der Waals surface area contributed by atoms with Crippen molar-refractivity contribution in [3.63, 3.8) is 0 Å². The summed E-state index contributed by atoms with van der Waals surface area (Å²) in [4.78, 5) is 19.4. The predicted octanol–water partition coefficient (Wildman–Crippen LogP) is 3.02. The van der Waals surface area contributed by atoms with E-state index in [0.717, 1.165) is 17.5 Å². The fourth-order valence-electron chi connectivity index (χ4n) is 2.46. The highest BCUT2D eigenvalue weighted by molar-refractivity contribution is 7.15. The fraction of sp³-hybridized carbons (Fsp3) is 0.278. The molecule has 3 aromatic rings. The molecular weight excluding hydrogens is 372 g/mol. The highest BCUT2D eigenvalue weighted by Crippen LogP contribution is 2.23. The maximum Gasteiger partial charge on any atom is 0.275 e. The Hall–Kier alpha value is -2.65. The van der Waals surface area contributed by atoms with Crippen molar-refractivity contribution in [3.05, 3.63) is 64.4 Å². The molecule has 6 nitrogen and oxygen atoms in total. The molecule has 0 fully saturated rings. The van der Waals surface area contributed by atoms with Crippen LogP contribution in [-0.4, -0.2) is 46.2 Å². The molecule has 142 valence electrons. The Kier molecular flexibility index (Phi) is 5.92. The third-order valence-electron chi connectivity index (χ3n) is 3.86. The number of amides is 1. The van der Waals surface area contributed by atoms with Gasteiger partial charge in [-0.1, -0.05) is 6.07 Å². The fourth-order valence-corrected chi connectivity index (χ4v) is 3.29. The van der Waals surface area contributed by atoms with Gasteiger partial charge in [0.05, 0.1) is 6.54 Å². The number of rotatable bonds is 7.